The first-order chi connectivity index (χ1) is 14.2. The molecule has 0 spiro atoms. The summed E-state index contributed by atoms with van der Waals surface area (Å²) in [7, 11) is 0. The van der Waals surface area contributed by atoms with Crippen molar-refractivity contribution in [2.45, 2.75) is 43.8 Å². The molecule has 1 N–H and O–H groups in total. The predicted molar refractivity (Wildman–Crippen MR) is 117 cm³/mol. The Morgan fingerprint density at radius 3 is 2.40 bits per heavy atom. The van der Waals surface area contributed by atoms with Crippen molar-refractivity contribution in [1.29, 1.82) is 0 Å². The van der Waals surface area contributed by atoms with Gasteiger partial charge in [-0.1, -0.05) is 32.6 Å². The van der Waals surface area contributed by atoms with Crippen molar-refractivity contribution in [2.75, 3.05) is 18.5 Å². The average Bonchev–Trinajstić information content (AvgIpc) is 2.69. The minimum Gasteiger partial charge on any atom is -0.381 e. The summed E-state index contributed by atoms with van der Waals surface area (Å²) in [6, 6.07) is 9.64. The number of carbonyl (C=O) groups excluding carboxylic acids is 1. The van der Waals surface area contributed by atoms with Gasteiger partial charge in [-0.3, -0.25) is 4.79 Å². The molecular formula is C24H25F2NO2S. The number of anilines is 1. The molecule has 0 unspecified atom stereocenters. The lowest BCUT2D eigenvalue weighted by Gasteiger charge is -2.21. The third kappa shape index (κ3) is 6.07. The molecule has 1 aliphatic rings. The molecule has 2 aromatic rings. The zero-order valence-corrected chi connectivity index (χ0v) is 18.2. The number of thioether (sulfide) groups is 1. The molecule has 1 heterocycles. The molecular weight excluding hydrogens is 404 g/mol. The van der Waals surface area contributed by atoms with Crippen molar-refractivity contribution in [3.8, 4) is 11.8 Å². The zero-order valence-electron chi connectivity index (χ0n) is 17.4. The van der Waals surface area contributed by atoms with Crippen LogP contribution in [0.25, 0.3) is 0 Å². The third-order valence-electron chi connectivity index (χ3n) is 4.64. The van der Waals surface area contributed by atoms with Crippen LogP contribution in [-0.4, -0.2) is 24.4 Å². The van der Waals surface area contributed by atoms with E-state index in [2.05, 4.69) is 17.2 Å². The van der Waals surface area contributed by atoms with Gasteiger partial charge in [-0.15, -0.1) is 11.8 Å². The maximum Gasteiger partial charge on any atom is 0.229 e. The second-order valence-corrected chi connectivity index (χ2v) is 9.59. The Morgan fingerprint density at radius 2 is 1.77 bits per heavy atom. The zero-order chi connectivity index (χ0) is 21.7. The molecule has 0 bridgehead atoms. The molecule has 158 valence electrons. The summed E-state index contributed by atoms with van der Waals surface area (Å²) >= 11 is 1.83. The Morgan fingerprint density at radius 1 is 1.10 bits per heavy atom. The van der Waals surface area contributed by atoms with Crippen LogP contribution in [0.5, 0.6) is 0 Å². The number of carbonyl (C=O) groups is 1. The number of hydrogen-bond donors (Lipinski definition) is 1. The summed E-state index contributed by atoms with van der Waals surface area (Å²) in [5.41, 5.74) is 0.00843. The van der Waals surface area contributed by atoms with Crippen LogP contribution in [0.15, 0.2) is 41.3 Å². The number of hydrogen-bond acceptors (Lipinski definition) is 3. The van der Waals surface area contributed by atoms with Gasteiger partial charge in [0.25, 0.3) is 0 Å². The third-order valence-corrected chi connectivity index (χ3v) is 5.99. The highest BCUT2D eigenvalue weighted by molar-refractivity contribution is 8.00. The molecule has 1 saturated heterocycles. The van der Waals surface area contributed by atoms with Gasteiger partial charge in [0, 0.05) is 40.4 Å². The van der Waals surface area contributed by atoms with E-state index in [-0.39, 0.29) is 17.2 Å². The number of benzene rings is 2. The Bertz CT molecular complexity index is 966. The van der Waals surface area contributed by atoms with Gasteiger partial charge in [0.15, 0.2) is 5.82 Å². The van der Waals surface area contributed by atoms with E-state index in [4.69, 9.17) is 4.74 Å². The molecule has 0 radical (unpaired) electrons. The molecule has 6 heteroatoms. The molecule has 0 saturated carbocycles. The Balaban J connectivity index is 1.78. The number of rotatable bonds is 3. The quantitative estimate of drug-likeness (QED) is 0.644. The molecule has 3 nitrogen and oxygen atoms in total. The van der Waals surface area contributed by atoms with Crippen LogP contribution in [0.4, 0.5) is 14.5 Å². The van der Waals surface area contributed by atoms with Crippen LogP contribution >= 0.6 is 11.8 Å². The second kappa shape index (κ2) is 9.63. The maximum absolute atomic E-state index is 14.3. The lowest BCUT2D eigenvalue weighted by atomic mass is 9.95. The molecule has 2 aromatic carbocycles. The van der Waals surface area contributed by atoms with Crippen LogP contribution in [0.1, 0.15) is 44.7 Å². The summed E-state index contributed by atoms with van der Waals surface area (Å²) in [5, 5.41) is 3.10. The minimum absolute atomic E-state index is 0.101. The van der Waals surface area contributed by atoms with Gasteiger partial charge in [0.2, 0.25) is 5.91 Å². The fourth-order valence-corrected chi connectivity index (χ4v) is 3.95. The van der Waals surface area contributed by atoms with Gasteiger partial charge in [-0.05, 0) is 43.2 Å². The molecule has 1 fully saturated rings. The van der Waals surface area contributed by atoms with E-state index < -0.39 is 17.0 Å². The highest BCUT2D eigenvalue weighted by Crippen LogP contribution is 2.30. The molecule has 30 heavy (non-hydrogen) atoms. The van der Waals surface area contributed by atoms with Crippen molar-refractivity contribution >= 4 is 23.4 Å². The highest BCUT2D eigenvalue weighted by atomic mass is 32.2. The average molecular weight is 430 g/mol. The van der Waals surface area contributed by atoms with Crippen LogP contribution in [-0.2, 0) is 9.53 Å². The topological polar surface area (TPSA) is 38.3 Å². The Hall–Kier alpha value is -2.36. The summed E-state index contributed by atoms with van der Waals surface area (Å²) in [5.74, 6) is 3.78. The van der Waals surface area contributed by atoms with Crippen LogP contribution in [0.3, 0.4) is 0 Å². The first-order valence-electron chi connectivity index (χ1n) is 9.89. The highest BCUT2D eigenvalue weighted by Gasteiger charge is 2.23. The first-order valence-corrected chi connectivity index (χ1v) is 10.8. The molecule has 1 amide bonds. The van der Waals surface area contributed by atoms with Gasteiger partial charge in [-0.2, -0.15) is 0 Å². The van der Waals surface area contributed by atoms with Crippen molar-refractivity contribution in [3.05, 3.63) is 59.2 Å². The fraction of sp³-hybridized carbons (Fsp3) is 0.375. The van der Waals surface area contributed by atoms with Crippen molar-refractivity contribution in [1.82, 2.24) is 0 Å². The maximum atomic E-state index is 14.3. The van der Waals surface area contributed by atoms with Gasteiger partial charge in [0.1, 0.15) is 5.82 Å². The Labute approximate surface area is 180 Å². The summed E-state index contributed by atoms with van der Waals surface area (Å²) in [6.07, 6.45) is 2.08. The largest absolute Gasteiger partial charge is 0.381 e. The van der Waals surface area contributed by atoms with Crippen molar-refractivity contribution in [3.63, 3.8) is 0 Å². The normalized spacial score (nSPS) is 14.7. The lowest BCUT2D eigenvalue weighted by molar-refractivity contribution is -0.123. The van der Waals surface area contributed by atoms with Crippen LogP contribution in [0, 0.1) is 28.9 Å². The standard InChI is InChI=1S/C24H25F2NO2S/c1-24(2,3)23(28)27-22-17(14-18(25)15-21(22)26)7-4-16-5-8-19(9-6-16)30-20-10-12-29-13-11-20/h5-6,8-9,14-15,20H,10-13H2,1-3H3,(H,27,28). The van der Waals surface area contributed by atoms with E-state index in [1.165, 1.54) is 0 Å². The monoisotopic (exact) mass is 429 g/mol. The second-order valence-electron chi connectivity index (χ2n) is 8.22. The van der Waals surface area contributed by atoms with Gasteiger partial charge >= 0.3 is 0 Å². The number of amides is 1. The van der Waals surface area contributed by atoms with E-state index in [0.29, 0.717) is 5.25 Å². The molecule has 0 aliphatic carbocycles. The van der Waals surface area contributed by atoms with E-state index in [1.54, 1.807) is 20.8 Å². The molecule has 0 aromatic heterocycles. The van der Waals surface area contributed by atoms with Gasteiger partial charge in [0.05, 0.1) is 11.3 Å². The Kier molecular flexibility index (Phi) is 7.17. The van der Waals surface area contributed by atoms with Gasteiger partial charge in [-0.25, -0.2) is 8.78 Å². The van der Waals surface area contributed by atoms with Crippen LogP contribution in [0.2, 0.25) is 0 Å². The van der Waals surface area contributed by atoms with Crippen LogP contribution < -0.4 is 5.32 Å². The first kappa shape index (κ1) is 22.3. The minimum atomic E-state index is -0.847. The van der Waals surface area contributed by atoms with Gasteiger partial charge < -0.3 is 10.1 Å². The van der Waals surface area contributed by atoms with Crippen molar-refractivity contribution in [2.24, 2.45) is 5.41 Å². The predicted octanol–water partition coefficient (Wildman–Crippen LogP) is 5.62. The summed E-state index contributed by atoms with van der Waals surface area (Å²) in [4.78, 5) is 13.4. The van der Waals surface area contributed by atoms with Crippen molar-refractivity contribution < 1.29 is 18.3 Å². The van der Waals surface area contributed by atoms with E-state index in [9.17, 15) is 13.6 Å². The number of nitrogens with one attached hydrogen (secondary N) is 1. The smallest absolute Gasteiger partial charge is 0.229 e. The fourth-order valence-electron chi connectivity index (χ4n) is 2.84. The summed E-state index contributed by atoms with van der Waals surface area (Å²) in [6.45, 7) is 6.76. The SMILES string of the molecule is CC(C)(C)C(=O)Nc1c(F)cc(F)cc1C#Cc1ccc(SC2CCOCC2)cc1. The van der Waals surface area contributed by atoms with E-state index in [1.807, 2.05) is 36.0 Å². The van der Waals surface area contributed by atoms with E-state index in [0.717, 1.165) is 48.6 Å². The molecule has 0 atom stereocenters. The molecule has 1 aliphatic heterocycles. The van der Waals surface area contributed by atoms with E-state index >= 15 is 0 Å². The molecule has 3 rings (SSSR count). The summed E-state index contributed by atoms with van der Waals surface area (Å²) < 4.78 is 33.5. The lowest BCUT2D eigenvalue weighted by Crippen LogP contribution is -2.28. The number of ether oxygens (including phenoxy) is 1. The number of halogens is 2.